The van der Waals surface area contributed by atoms with Crippen molar-refractivity contribution in [2.45, 2.75) is 53.1 Å². The monoisotopic (exact) mass is 418 g/mol. The number of amides is 1. The zero-order chi connectivity index (χ0) is 22.4. The first kappa shape index (κ1) is 22.3. The second kappa shape index (κ2) is 10.1. The van der Waals surface area contributed by atoms with Gasteiger partial charge in [-0.05, 0) is 61.6 Å². The summed E-state index contributed by atoms with van der Waals surface area (Å²) in [6, 6.07) is 15.6. The van der Waals surface area contributed by atoms with Gasteiger partial charge in [0.25, 0.3) is 5.91 Å². The predicted octanol–water partition coefficient (Wildman–Crippen LogP) is 5.62. The Hall–Kier alpha value is -3.41. The van der Waals surface area contributed by atoms with Crippen molar-refractivity contribution in [3.8, 4) is 5.75 Å². The summed E-state index contributed by atoms with van der Waals surface area (Å²) in [6.45, 7) is 10.0. The molecule has 3 aromatic rings. The number of aryl methyl sites for hydroxylation is 2. The van der Waals surface area contributed by atoms with E-state index >= 15 is 0 Å². The summed E-state index contributed by atoms with van der Waals surface area (Å²) in [4.78, 5) is 21.1. The van der Waals surface area contributed by atoms with Gasteiger partial charge in [-0.15, -0.1) is 0 Å². The average molecular weight is 419 g/mol. The number of hydrogen-bond donors (Lipinski definition) is 2. The summed E-state index contributed by atoms with van der Waals surface area (Å²) in [7, 11) is 0. The molecule has 2 N–H and O–H groups in total. The van der Waals surface area contributed by atoms with Crippen molar-refractivity contribution < 1.29 is 9.53 Å². The number of anilines is 3. The molecular weight excluding hydrogens is 388 g/mol. The van der Waals surface area contributed by atoms with Crippen LogP contribution in [0.1, 0.15) is 50.4 Å². The van der Waals surface area contributed by atoms with Crippen LogP contribution in [0.5, 0.6) is 5.75 Å². The summed E-state index contributed by atoms with van der Waals surface area (Å²) in [5.41, 5.74) is 4.76. The highest BCUT2D eigenvalue weighted by Crippen LogP contribution is 2.25. The fourth-order valence-electron chi connectivity index (χ4n) is 3.17. The van der Waals surface area contributed by atoms with Gasteiger partial charge in [0.1, 0.15) is 17.9 Å². The lowest BCUT2D eigenvalue weighted by Crippen LogP contribution is -2.30. The van der Waals surface area contributed by atoms with E-state index in [4.69, 9.17) is 4.74 Å². The number of rotatable bonds is 8. The van der Waals surface area contributed by atoms with E-state index in [1.54, 1.807) is 6.92 Å². The largest absolute Gasteiger partial charge is 0.481 e. The predicted molar refractivity (Wildman–Crippen MR) is 125 cm³/mol. The fourth-order valence-corrected chi connectivity index (χ4v) is 3.17. The number of nitrogens with one attached hydrogen (secondary N) is 2. The third-order valence-electron chi connectivity index (χ3n) is 5.05. The maximum Gasteiger partial charge on any atom is 0.265 e. The Labute approximate surface area is 184 Å². The highest BCUT2D eigenvalue weighted by Gasteiger charge is 2.17. The minimum Gasteiger partial charge on any atom is -0.481 e. The maximum atomic E-state index is 12.8. The topological polar surface area (TPSA) is 76.1 Å². The molecular formula is C25H30N4O2. The lowest BCUT2D eigenvalue weighted by atomic mass is 10.0. The molecule has 0 fully saturated rings. The molecule has 2 aromatic carbocycles. The Morgan fingerprint density at radius 3 is 2.42 bits per heavy atom. The number of aromatic nitrogens is 2. The molecule has 162 valence electrons. The van der Waals surface area contributed by atoms with Gasteiger partial charge in [0.15, 0.2) is 6.10 Å². The molecule has 0 aliphatic rings. The Morgan fingerprint density at radius 2 is 1.77 bits per heavy atom. The molecule has 31 heavy (non-hydrogen) atoms. The maximum absolute atomic E-state index is 12.8. The number of ether oxygens (including phenoxy) is 1. The Bertz CT molecular complexity index is 1030. The van der Waals surface area contributed by atoms with Crippen molar-refractivity contribution in [1.29, 1.82) is 0 Å². The SMILES string of the molecule is CCc1ccc(Nc2cc(C)ncn2)cc1NC(=O)C(C)Oc1ccc(C(C)C)cc1. The van der Waals surface area contributed by atoms with E-state index in [-0.39, 0.29) is 5.91 Å². The molecule has 0 radical (unpaired) electrons. The van der Waals surface area contributed by atoms with Crippen molar-refractivity contribution >= 4 is 23.1 Å². The summed E-state index contributed by atoms with van der Waals surface area (Å²) in [6.07, 6.45) is 1.69. The molecule has 1 heterocycles. The molecule has 1 aromatic heterocycles. The molecule has 0 saturated carbocycles. The zero-order valence-electron chi connectivity index (χ0n) is 18.8. The second-order valence-electron chi connectivity index (χ2n) is 7.87. The van der Waals surface area contributed by atoms with Gasteiger partial charge in [-0.25, -0.2) is 9.97 Å². The van der Waals surface area contributed by atoms with E-state index < -0.39 is 6.10 Å². The van der Waals surface area contributed by atoms with E-state index in [1.807, 2.05) is 55.5 Å². The van der Waals surface area contributed by atoms with Crippen LogP contribution in [0, 0.1) is 6.92 Å². The Balaban J connectivity index is 1.70. The molecule has 0 spiro atoms. The standard InChI is InChI=1S/C25H30N4O2/c1-6-19-7-10-21(28-24-13-17(4)26-15-27-24)14-23(19)29-25(30)18(5)31-22-11-8-20(9-12-22)16(2)3/h7-16,18H,6H2,1-5H3,(H,29,30)(H,26,27,28). The lowest BCUT2D eigenvalue weighted by Gasteiger charge is -2.18. The van der Waals surface area contributed by atoms with Gasteiger partial charge < -0.3 is 15.4 Å². The highest BCUT2D eigenvalue weighted by molar-refractivity contribution is 5.95. The van der Waals surface area contributed by atoms with E-state index in [2.05, 4.69) is 41.4 Å². The van der Waals surface area contributed by atoms with Crippen molar-refractivity contribution in [2.24, 2.45) is 0 Å². The van der Waals surface area contributed by atoms with Crippen LogP contribution in [-0.4, -0.2) is 22.0 Å². The molecule has 0 bridgehead atoms. The first-order valence-electron chi connectivity index (χ1n) is 10.6. The van der Waals surface area contributed by atoms with E-state index in [0.29, 0.717) is 17.5 Å². The second-order valence-corrected chi connectivity index (χ2v) is 7.87. The van der Waals surface area contributed by atoms with Gasteiger partial charge in [0, 0.05) is 23.1 Å². The number of benzene rings is 2. The molecule has 3 rings (SSSR count). The van der Waals surface area contributed by atoms with Gasteiger partial charge in [-0.2, -0.15) is 0 Å². The van der Waals surface area contributed by atoms with Gasteiger partial charge in [0.05, 0.1) is 0 Å². The van der Waals surface area contributed by atoms with Gasteiger partial charge in [-0.3, -0.25) is 4.79 Å². The highest BCUT2D eigenvalue weighted by atomic mass is 16.5. The summed E-state index contributed by atoms with van der Waals surface area (Å²) in [5.74, 6) is 1.64. The van der Waals surface area contributed by atoms with Crippen LogP contribution in [0.15, 0.2) is 54.9 Å². The van der Waals surface area contributed by atoms with Gasteiger partial charge >= 0.3 is 0 Å². The van der Waals surface area contributed by atoms with E-state index in [9.17, 15) is 4.79 Å². The first-order chi connectivity index (χ1) is 14.9. The lowest BCUT2D eigenvalue weighted by molar-refractivity contribution is -0.122. The van der Waals surface area contributed by atoms with Crippen molar-refractivity contribution in [3.63, 3.8) is 0 Å². The Kier molecular flexibility index (Phi) is 7.23. The number of nitrogens with zero attached hydrogens (tertiary/aromatic N) is 2. The van der Waals surface area contributed by atoms with Crippen molar-refractivity contribution in [3.05, 3.63) is 71.7 Å². The van der Waals surface area contributed by atoms with Crippen molar-refractivity contribution in [2.75, 3.05) is 10.6 Å². The molecule has 0 saturated heterocycles. The van der Waals surface area contributed by atoms with Crippen LogP contribution in [0.2, 0.25) is 0 Å². The number of carbonyl (C=O) groups is 1. The van der Waals surface area contributed by atoms with Crippen LogP contribution in [0.25, 0.3) is 0 Å². The molecule has 1 amide bonds. The molecule has 1 unspecified atom stereocenters. The third-order valence-corrected chi connectivity index (χ3v) is 5.05. The molecule has 1 atom stereocenters. The summed E-state index contributed by atoms with van der Waals surface area (Å²) < 4.78 is 5.85. The van der Waals surface area contributed by atoms with Crippen LogP contribution < -0.4 is 15.4 Å². The average Bonchev–Trinajstić information content (AvgIpc) is 2.74. The number of hydrogen-bond acceptors (Lipinski definition) is 5. The zero-order valence-corrected chi connectivity index (χ0v) is 18.8. The van der Waals surface area contributed by atoms with Gasteiger partial charge in [-0.1, -0.05) is 39.0 Å². The molecule has 6 nitrogen and oxygen atoms in total. The molecule has 0 aliphatic heterocycles. The third kappa shape index (κ3) is 6.04. The first-order valence-corrected chi connectivity index (χ1v) is 10.6. The molecule has 6 heteroatoms. The van der Waals surface area contributed by atoms with Crippen LogP contribution in [0.4, 0.5) is 17.2 Å². The minimum absolute atomic E-state index is 0.197. The van der Waals surface area contributed by atoms with Crippen LogP contribution in [0.3, 0.4) is 0 Å². The summed E-state index contributed by atoms with van der Waals surface area (Å²) >= 11 is 0. The Morgan fingerprint density at radius 1 is 1.03 bits per heavy atom. The van der Waals surface area contributed by atoms with E-state index in [1.165, 1.54) is 11.9 Å². The molecule has 0 aliphatic carbocycles. The van der Waals surface area contributed by atoms with Gasteiger partial charge in [0.2, 0.25) is 0 Å². The summed E-state index contributed by atoms with van der Waals surface area (Å²) in [5, 5.41) is 6.27. The fraction of sp³-hybridized carbons (Fsp3) is 0.320. The number of carbonyl (C=O) groups excluding carboxylic acids is 1. The van der Waals surface area contributed by atoms with E-state index in [0.717, 1.165) is 29.1 Å². The van der Waals surface area contributed by atoms with Crippen LogP contribution in [-0.2, 0) is 11.2 Å². The minimum atomic E-state index is -0.629. The smallest absolute Gasteiger partial charge is 0.265 e. The van der Waals surface area contributed by atoms with Crippen molar-refractivity contribution in [1.82, 2.24) is 9.97 Å². The quantitative estimate of drug-likeness (QED) is 0.496. The normalized spacial score (nSPS) is 11.8. The van der Waals surface area contributed by atoms with Crippen LogP contribution >= 0.6 is 0 Å².